The Morgan fingerprint density at radius 1 is 1.00 bits per heavy atom. The first-order chi connectivity index (χ1) is 12.1. The van der Waals surface area contributed by atoms with E-state index in [1.165, 1.54) is 6.07 Å². The average molecular weight is 345 g/mol. The Morgan fingerprint density at radius 3 is 2.48 bits per heavy atom. The summed E-state index contributed by atoms with van der Waals surface area (Å²) in [6, 6.07) is 15.5. The third-order valence-corrected chi connectivity index (χ3v) is 3.36. The number of rotatable bonds is 9. The molecule has 0 spiro atoms. The molecule has 0 saturated heterocycles. The fraction of sp³-hybridized carbons (Fsp3) is 0.263. The van der Waals surface area contributed by atoms with Gasteiger partial charge in [0.1, 0.15) is 11.6 Å². The third kappa shape index (κ3) is 7.03. The van der Waals surface area contributed by atoms with Crippen LogP contribution in [-0.2, 0) is 20.7 Å². The summed E-state index contributed by atoms with van der Waals surface area (Å²) in [5.74, 6) is -0.573. The number of hydrogen-bond donors (Lipinski definition) is 1. The lowest BCUT2D eigenvalue weighted by Crippen LogP contribution is -2.30. The largest absolute Gasteiger partial charge is 0.493 e. The number of hydrogen-bond acceptors (Lipinski definition) is 4. The van der Waals surface area contributed by atoms with Gasteiger partial charge in [0, 0.05) is 6.54 Å². The molecule has 132 valence electrons. The van der Waals surface area contributed by atoms with Crippen LogP contribution in [0.15, 0.2) is 54.6 Å². The molecule has 1 N–H and O–H groups in total. The van der Waals surface area contributed by atoms with Gasteiger partial charge in [0.2, 0.25) is 0 Å². The molecular weight excluding hydrogens is 325 g/mol. The standard InChI is InChI=1S/C19H20FNO4/c20-17-9-5-4-6-15(17)10-12-21-18(22)14-25-19(23)11-13-24-16-7-2-1-3-8-16/h1-9H,10-14H2,(H,21,22). The summed E-state index contributed by atoms with van der Waals surface area (Å²) in [7, 11) is 0. The number of para-hydroxylation sites is 1. The maximum atomic E-state index is 13.4. The van der Waals surface area contributed by atoms with Crippen molar-refractivity contribution in [3.05, 3.63) is 66.0 Å². The molecule has 6 heteroatoms. The number of ether oxygens (including phenoxy) is 2. The predicted octanol–water partition coefficient (Wildman–Crippen LogP) is 2.50. The summed E-state index contributed by atoms with van der Waals surface area (Å²) < 4.78 is 23.6. The van der Waals surface area contributed by atoms with E-state index in [1.807, 2.05) is 18.2 Å². The number of benzene rings is 2. The Morgan fingerprint density at radius 2 is 1.72 bits per heavy atom. The van der Waals surface area contributed by atoms with E-state index >= 15 is 0 Å². The van der Waals surface area contributed by atoms with E-state index in [0.717, 1.165) is 0 Å². The summed E-state index contributed by atoms with van der Waals surface area (Å²) in [6.45, 7) is 0.0909. The van der Waals surface area contributed by atoms with Crippen LogP contribution in [0.4, 0.5) is 4.39 Å². The molecule has 1 amide bonds. The first-order valence-corrected chi connectivity index (χ1v) is 7.99. The summed E-state index contributed by atoms with van der Waals surface area (Å²) in [5, 5.41) is 2.58. The Balaban J connectivity index is 1.56. The number of nitrogens with one attached hydrogen (secondary N) is 1. The Hall–Kier alpha value is -2.89. The van der Waals surface area contributed by atoms with Crippen molar-refractivity contribution in [3.63, 3.8) is 0 Å². The smallest absolute Gasteiger partial charge is 0.309 e. The second-order valence-corrected chi connectivity index (χ2v) is 5.26. The number of carbonyl (C=O) groups is 2. The van der Waals surface area contributed by atoms with Gasteiger partial charge in [-0.3, -0.25) is 9.59 Å². The number of carbonyl (C=O) groups excluding carboxylic acids is 2. The second kappa shape index (κ2) is 10.1. The first kappa shape index (κ1) is 18.4. The molecule has 0 atom stereocenters. The molecule has 0 aliphatic heterocycles. The molecule has 0 bridgehead atoms. The maximum absolute atomic E-state index is 13.4. The summed E-state index contributed by atoms with van der Waals surface area (Å²) >= 11 is 0. The Kier molecular flexibility index (Phi) is 7.43. The lowest BCUT2D eigenvalue weighted by atomic mass is 10.1. The van der Waals surface area contributed by atoms with Crippen molar-refractivity contribution in [2.24, 2.45) is 0 Å². The molecule has 0 fully saturated rings. The van der Waals surface area contributed by atoms with Crippen LogP contribution in [0.5, 0.6) is 5.75 Å². The molecule has 0 saturated carbocycles. The van der Waals surface area contributed by atoms with Gasteiger partial charge in [0.05, 0.1) is 13.0 Å². The summed E-state index contributed by atoms with van der Waals surface area (Å²) in [6.07, 6.45) is 0.425. The minimum atomic E-state index is -0.514. The Labute approximate surface area is 145 Å². The third-order valence-electron chi connectivity index (χ3n) is 3.36. The van der Waals surface area contributed by atoms with Gasteiger partial charge in [-0.05, 0) is 30.2 Å². The normalized spacial score (nSPS) is 10.1. The van der Waals surface area contributed by atoms with E-state index in [-0.39, 0.29) is 32.0 Å². The molecule has 0 aliphatic carbocycles. The number of esters is 1. The zero-order valence-electron chi connectivity index (χ0n) is 13.7. The first-order valence-electron chi connectivity index (χ1n) is 7.99. The van der Waals surface area contributed by atoms with Crippen LogP contribution < -0.4 is 10.1 Å². The van der Waals surface area contributed by atoms with Gasteiger partial charge in [-0.1, -0.05) is 36.4 Å². The van der Waals surface area contributed by atoms with E-state index < -0.39 is 11.9 Å². The highest BCUT2D eigenvalue weighted by atomic mass is 19.1. The van der Waals surface area contributed by atoms with Gasteiger partial charge < -0.3 is 14.8 Å². The molecule has 2 rings (SSSR count). The van der Waals surface area contributed by atoms with Crippen molar-refractivity contribution in [2.45, 2.75) is 12.8 Å². The van der Waals surface area contributed by atoms with Crippen molar-refractivity contribution in [3.8, 4) is 5.75 Å². The summed E-state index contributed by atoms with van der Waals surface area (Å²) in [5.41, 5.74) is 0.526. The average Bonchev–Trinajstić information content (AvgIpc) is 2.62. The molecule has 0 unspecified atom stereocenters. The Bertz CT molecular complexity index is 691. The molecule has 0 radical (unpaired) electrons. The van der Waals surface area contributed by atoms with Crippen molar-refractivity contribution < 1.29 is 23.5 Å². The van der Waals surface area contributed by atoms with Crippen molar-refractivity contribution >= 4 is 11.9 Å². The maximum Gasteiger partial charge on any atom is 0.309 e. The monoisotopic (exact) mass is 345 g/mol. The number of amides is 1. The quantitative estimate of drug-likeness (QED) is 0.709. The zero-order chi connectivity index (χ0) is 17.9. The van der Waals surface area contributed by atoms with Crippen molar-refractivity contribution in [1.82, 2.24) is 5.32 Å². The second-order valence-electron chi connectivity index (χ2n) is 5.26. The molecule has 2 aromatic carbocycles. The highest BCUT2D eigenvalue weighted by molar-refractivity contribution is 5.80. The van der Waals surface area contributed by atoms with Gasteiger partial charge in [0.25, 0.3) is 5.91 Å². The summed E-state index contributed by atoms with van der Waals surface area (Å²) in [4.78, 5) is 23.2. The lowest BCUT2D eigenvalue weighted by molar-refractivity contribution is -0.149. The minimum Gasteiger partial charge on any atom is -0.493 e. The lowest BCUT2D eigenvalue weighted by Gasteiger charge is -2.08. The molecular formula is C19H20FNO4. The van der Waals surface area contributed by atoms with E-state index in [4.69, 9.17) is 9.47 Å². The SMILES string of the molecule is O=C(COC(=O)CCOc1ccccc1)NCCc1ccccc1F. The molecule has 25 heavy (non-hydrogen) atoms. The fourth-order valence-electron chi connectivity index (χ4n) is 2.08. The molecule has 0 heterocycles. The molecule has 0 aromatic heterocycles. The van der Waals surface area contributed by atoms with E-state index in [2.05, 4.69) is 5.32 Å². The van der Waals surface area contributed by atoms with Crippen LogP contribution in [0.25, 0.3) is 0 Å². The number of halogens is 1. The van der Waals surface area contributed by atoms with Crippen LogP contribution in [0, 0.1) is 5.82 Å². The van der Waals surface area contributed by atoms with E-state index in [0.29, 0.717) is 17.7 Å². The van der Waals surface area contributed by atoms with Crippen molar-refractivity contribution in [1.29, 1.82) is 0 Å². The fourth-order valence-corrected chi connectivity index (χ4v) is 2.08. The minimum absolute atomic E-state index is 0.0530. The van der Waals surface area contributed by atoms with Gasteiger partial charge in [-0.15, -0.1) is 0 Å². The van der Waals surface area contributed by atoms with E-state index in [9.17, 15) is 14.0 Å². The van der Waals surface area contributed by atoms with Gasteiger partial charge >= 0.3 is 5.97 Å². The topological polar surface area (TPSA) is 64.6 Å². The molecule has 5 nitrogen and oxygen atoms in total. The molecule has 2 aromatic rings. The van der Waals surface area contributed by atoms with Gasteiger partial charge in [0.15, 0.2) is 6.61 Å². The highest BCUT2D eigenvalue weighted by Gasteiger charge is 2.08. The van der Waals surface area contributed by atoms with Gasteiger partial charge in [-0.2, -0.15) is 0 Å². The highest BCUT2D eigenvalue weighted by Crippen LogP contribution is 2.08. The van der Waals surface area contributed by atoms with Crippen LogP contribution >= 0.6 is 0 Å². The van der Waals surface area contributed by atoms with Crippen LogP contribution in [0.2, 0.25) is 0 Å². The van der Waals surface area contributed by atoms with Crippen LogP contribution in [0.3, 0.4) is 0 Å². The van der Waals surface area contributed by atoms with E-state index in [1.54, 1.807) is 30.3 Å². The molecule has 0 aliphatic rings. The van der Waals surface area contributed by atoms with Crippen LogP contribution in [-0.4, -0.2) is 31.6 Å². The predicted molar refractivity (Wildman–Crippen MR) is 90.6 cm³/mol. The van der Waals surface area contributed by atoms with Gasteiger partial charge in [-0.25, -0.2) is 4.39 Å². The van der Waals surface area contributed by atoms with Crippen molar-refractivity contribution in [2.75, 3.05) is 19.8 Å². The zero-order valence-corrected chi connectivity index (χ0v) is 13.7. The van der Waals surface area contributed by atoms with Crippen LogP contribution in [0.1, 0.15) is 12.0 Å².